The van der Waals surface area contributed by atoms with Crippen LogP contribution in [-0.4, -0.2) is 40.8 Å². The summed E-state index contributed by atoms with van der Waals surface area (Å²) in [5, 5.41) is 14.4. The summed E-state index contributed by atoms with van der Waals surface area (Å²) in [6.45, 7) is 6.22. The number of rotatable bonds is 7. The van der Waals surface area contributed by atoms with E-state index in [4.69, 9.17) is 4.74 Å². The van der Waals surface area contributed by atoms with Gasteiger partial charge in [-0.15, -0.1) is 0 Å². The van der Waals surface area contributed by atoms with Crippen LogP contribution in [0.5, 0.6) is 0 Å². The molecular formula is C24H28N2O5. The number of fused-ring (bicyclic) bond motifs is 3. The first-order valence-electron chi connectivity index (χ1n) is 10.3. The van der Waals surface area contributed by atoms with E-state index in [0.29, 0.717) is 0 Å². The zero-order valence-electron chi connectivity index (χ0n) is 18.2. The maximum Gasteiger partial charge on any atom is 0.408 e. The number of carboxylic acid groups (broad SMARTS) is 1. The van der Waals surface area contributed by atoms with Gasteiger partial charge in [0.25, 0.3) is 0 Å². The van der Waals surface area contributed by atoms with Gasteiger partial charge in [-0.25, -0.2) is 9.59 Å². The van der Waals surface area contributed by atoms with Crippen LogP contribution in [0.1, 0.15) is 51.2 Å². The molecule has 3 rings (SSSR count). The molecule has 0 saturated carbocycles. The Morgan fingerprint density at radius 2 is 1.45 bits per heavy atom. The van der Waals surface area contributed by atoms with E-state index in [1.165, 1.54) is 20.8 Å². The van der Waals surface area contributed by atoms with Gasteiger partial charge in [0.1, 0.15) is 17.7 Å². The minimum Gasteiger partial charge on any atom is -0.480 e. The van der Waals surface area contributed by atoms with E-state index < -0.39 is 29.0 Å². The summed E-state index contributed by atoms with van der Waals surface area (Å²) in [4.78, 5) is 36.6. The summed E-state index contributed by atoms with van der Waals surface area (Å²) in [5.41, 5.74) is 1.66. The summed E-state index contributed by atoms with van der Waals surface area (Å²) < 4.78 is 5.48. The molecule has 1 aliphatic rings. The summed E-state index contributed by atoms with van der Waals surface area (Å²) in [5.74, 6) is -1.83. The Morgan fingerprint density at radius 1 is 0.935 bits per heavy atom. The molecule has 0 spiro atoms. The van der Waals surface area contributed by atoms with Gasteiger partial charge in [-0.1, -0.05) is 55.5 Å². The molecule has 1 aliphatic carbocycles. The molecule has 0 bridgehead atoms. The highest BCUT2D eigenvalue weighted by Crippen LogP contribution is 2.44. The third kappa shape index (κ3) is 4.40. The number of amides is 2. The average Bonchev–Trinajstić information content (AvgIpc) is 3.05. The number of nitrogens with one attached hydrogen (secondary N) is 2. The number of ether oxygens (including phenoxy) is 1. The molecule has 1 atom stereocenters. The van der Waals surface area contributed by atoms with Crippen LogP contribution >= 0.6 is 0 Å². The second kappa shape index (κ2) is 8.41. The molecule has 7 heteroatoms. The molecule has 164 valence electrons. The van der Waals surface area contributed by atoms with E-state index in [-0.39, 0.29) is 18.9 Å². The Labute approximate surface area is 181 Å². The van der Waals surface area contributed by atoms with Gasteiger partial charge in [0.2, 0.25) is 5.91 Å². The lowest BCUT2D eigenvalue weighted by atomic mass is 9.96. The van der Waals surface area contributed by atoms with Crippen LogP contribution in [0.15, 0.2) is 48.5 Å². The first-order valence-corrected chi connectivity index (χ1v) is 10.3. The molecule has 7 nitrogen and oxygen atoms in total. The van der Waals surface area contributed by atoms with Crippen LogP contribution < -0.4 is 10.6 Å². The smallest absolute Gasteiger partial charge is 0.408 e. The second-order valence-electron chi connectivity index (χ2n) is 8.52. The molecular weight excluding hydrogens is 396 g/mol. The van der Waals surface area contributed by atoms with Crippen molar-refractivity contribution < 1.29 is 24.2 Å². The molecule has 2 aromatic carbocycles. The molecule has 0 radical (unpaired) electrons. The molecule has 3 N–H and O–H groups in total. The predicted octanol–water partition coefficient (Wildman–Crippen LogP) is 3.67. The molecule has 1 unspecified atom stereocenters. The maximum atomic E-state index is 12.6. The summed E-state index contributed by atoms with van der Waals surface area (Å²) >= 11 is 0. The Morgan fingerprint density at radius 3 is 1.94 bits per heavy atom. The fourth-order valence-corrected chi connectivity index (χ4v) is 3.65. The van der Waals surface area contributed by atoms with Gasteiger partial charge in [0.15, 0.2) is 0 Å². The Balaban J connectivity index is 1.66. The van der Waals surface area contributed by atoms with Crippen LogP contribution in [0.3, 0.4) is 0 Å². The first-order chi connectivity index (χ1) is 14.6. The van der Waals surface area contributed by atoms with Crippen LogP contribution in [-0.2, 0) is 14.3 Å². The third-order valence-corrected chi connectivity index (χ3v) is 5.89. The maximum absolute atomic E-state index is 12.6. The first kappa shape index (κ1) is 22.3. The van der Waals surface area contributed by atoms with Crippen molar-refractivity contribution in [2.24, 2.45) is 0 Å². The number of carbonyl (C=O) groups is 3. The monoisotopic (exact) mass is 424 g/mol. The largest absolute Gasteiger partial charge is 0.480 e. The standard InChI is InChI=1S/C24H28N2O5/c1-5-24(4,21(28)29)25-20(27)23(2,3)26-22(30)31-14-19-17-12-8-6-10-15(17)16-11-7-9-13-18(16)19/h6-13,19H,5,14H2,1-4H3,(H,25,27)(H,26,30)(H,28,29). The fourth-order valence-electron chi connectivity index (χ4n) is 3.65. The Bertz CT molecular complexity index is 971. The van der Waals surface area contributed by atoms with Crippen molar-refractivity contribution in [3.63, 3.8) is 0 Å². The Hall–Kier alpha value is -3.35. The highest BCUT2D eigenvalue weighted by atomic mass is 16.5. The summed E-state index contributed by atoms with van der Waals surface area (Å²) in [6, 6.07) is 16.0. The van der Waals surface area contributed by atoms with Crippen molar-refractivity contribution in [3.8, 4) is 11.1 Å². The van der Waals surface area contributed by atoms with E-state index >= 15 is 0 Å². The topological polar surface area (TPSA) is 105 Å². The normalized spacial score (nSPS) is 14.7. The lowest BCUT2D eigenvalue weighted by molar-refractivity contribution is -0.147. The van der Waals surface area contributed by atoms with E-state index in [2.05, 4.69) is 22.8 Å². The van der Waals surface area contributed by atoms with E-state index in [1.807, 2.05) is 36.4 Å². The highest BCUT2D eigenvalue weighted by Gasteiger charge is 2.39. The summed E-state index contributed by atoms with van der Waals surface area (Å²) in [7, 11) is 0. The van der Waals surface area contributed by atoms with Crippen molar-refractivity contribution in [2.45, 2.75) is 51.1 Å². The number of benzene rings is 2. The lowest BCUT2D eigenvalue weighted by Crippen LogP contribution is -2.61. The zero-order chi connectivity index (χ0) is 22.8. The molecule has 31 heavy (non-hydrogen) atoms. The van der Waals surface area contributed by atoms with E-state index in [9.17, 15) is 19.5 Å². The molecule has 2 aromatic rings. The van der Waals surface area contributed by atoms with Crippen molar-refractivity contribution >= 4 is 18.0 Å². The third-order valence-electron chi connectivity index (χ3n) is 5.89. The second-order valence-corrected chi connectivity index (χ2v) is 8.52. The van der Waals surface area contributed by atoms with Crippen molar-refractivity contribution in [1.82, 2.24) is 10.6 Å². The number of carboxylic acids is 1. The Kier molecular flexibility index (Phi) is 6.06. The predicted molar refractivity (Wildman–Crippen MR) is 117 cm³/mol. The molecule has 0 aliphatic heterocycles. The van der Waals surface area contributed by atoms with E-state index in [1.54, 1.807) is 6.92 Å². The fraction of sp³-hybridized carbons (Fsp3) is 0.375. The minimum atomic E-state index is -1.42. The van der Waals surface area contributed by atoms with Gasteiger partial charge in [-0.3, -0.25) is 4.79 Å². The van der Waals surface area contributed by atoms with Crippen LogP contribution in [0, 0.1) is 0 Å². The van der Waals surface area contributed by atoms with Crippen molar-refractivity contribution in [3.05, 3.63) is 59.7 Å². The average molecular weight is 424 g/mol. The zero-order valence-corrected chi connectivity index (χ0v) is 18.2. The number of aliphatic carboxylic acids is 1. The molecule has 0 heterocycles. The number of carbonyl (C=O) groups excluding carboxylic acids is 2. The molecule has 2 amide bonds. The van der Waals surface area contributed by atoms with Crippen LogP contribution in [0.4, 0.5) is 4.79 Å². The summed E-state index contributed by atoms with van der Waals surface area (Å²) in [6.07, 6.45) is -0.537. The molecule has 0 aromatic heterocycles. The quantitative estimate of drug-likeness (QED) is 0.629. The van der Waals surface area contributed by atoms with Gasteiger partial charge >= 0.3 is 12.1 Å². The lowest BCUT2D eigenvalue weighted by Gasteiger charge is -2.31. The van der Waals surface area contributed by atoms with Gasteiger partial charge < -0.3 is 20.5 Å². The van der Waals surface area contributed by atoms with Crippen LogP contribution in [0.25, 0.3) is 11.1 Å². The van der Waals surface area contributed by atoms with Crippen LogP contribution in [0.2, 0.25) is 0 Å². The van der Waals surface area contributed by atoms with Crippen molar-refractivity contribution in [1.29, 1.82) is 0 Å². The molecule has 0 saturated heterocycles. The van der Waals surface area contributed by atoms with Gasteiger partial charge in [-0.2, -0.15) is 0 Å². The van der Waals surface area contributed by atoms with Gasteiger partial charge in [0, 0.05) is 5.92 Å². The van der Waals surface area contributed by atoms with Gasteiger partial charge in [-0.05, 0) is 49.4 Å². The molecule has 0 fully saturated rings. The van der Waals surface area contributed by atoms with Gasteiger partial charge in [0.05, 0.1) is 0 Å². The highest BCUT2D eigenvalue weighted by molar-refractivity contribution is 5.93. The van der Waals surface area contributed by atoms with E-state index in [0.717, 1.165) is 22.3 Å². The number of hydrogen-bond donors (Lipinski definition) is 3. The SMILES string of the molecule is CCC(C)(NC(=O)C(C)(C)NC(=O)OCC1c2ccccc2-c2ccccc21)C(=O)O. The minimum absolute atomic E-state index is 0.0921. The van der Waals surface area contributed by atoms with Crippen molar-refractivity contribution in [2.75, 3.05) is 6.61 Å². The number of alkyl carbamates (subject to hydrolysis) is 1. The number of hydrogen-bond acceptors (Lipinski definition) is 4.